The zero-order valence-corrected chi connectivity index (χ0v) is 7.63. The molecule has 0 atom stereocenters. The molecule has 0 radical (unpaired) electrons. The number of benzene rings is 1. The molecular formula is C9H9BrO. The van der Waals surface area contributed by atoms with Crippen LogP contribution in [-0.4, -0.2) is 5.11 Å². The monoisotopic (exact) mass is 212 g/mol. The van der Waals surface area contributed by atoms with Gasteiger partial charge in [0.05, 0.1) is 0 Å². The third kappa shape index (κ3) is 2.39. The molecule has 1 N–H and O–H groups in total. The van der Waals surface area contributed by atoms with Crippen LogP contribution in [0.4, 0.5) is 0 Å². The molecule has 0 saturated heterocycles. The van der Waals surface area contributed by atoms with Crippen molar-refractivity contribution < 1.29 is 5.11 Å². The van der Waals surface area contributed by atoms with Crippen LogP contribution in [0.5, 0.6) is 5.75 Å². The van der Waals surface area contributed by atoms with Crippen molar-refractivity contribution in [2.45, 2.75) is 6.42 Å². The van der Waals surface area contributed by atoms with Crippen molar-refractivity contribution in [2.24, 2.45) is 0 Å². The average molecular weight is 213 g/mol. The van der Waals surface area contributed by atoms with Gasteiger partial charge in [0.25, 0.3) is 0 Å². The molecule has 0 bridgehead atoms. The topological polar surface area (TPSA) is 20.2 Å². The van der Waals surface area contributed by atoms with Gasteiger partial charge in [0.1, 0.15) is 5.75 Å². The van der Waals surface area contributed by atoms with Crippen LogP contribution in [0.3, 0.4) is 0 Å². The second-order valence-corrected chi connectivity index (χ2v) is 3.44. The summed E-state index contributed by atoms with van der Waals surface area (Å²) in [6, 6.07) is 7.24. The molecule has 2 heteroatoms. The van der Waals surface area contributed by atoms with Gasteiger partial charge in [0, 0.05) is 6.42 Å². The van der Waals surface area contributed by atoms with E-state index in [9.17, 15) is 5.11 Å². The Bertz CT molecular complexity index is 268. The molecule has 58 valence electrons. The van der Waals surface area contributed by atoms with Crippen molar-refractivity contribution in [3.63, 3.8) is 0 Å². The number of phenols is 1. The minimum atomic E-state index is 0.327. The van der Waals surface area contributed by atoms with E-state index in [-0.39, 0.29) is 0 Å². The molecule has 0 saturated carbocycles. The maximum Gasteiger partial charge on any atom is 0.119 e. The van der Waals surface area contributed by atoms with E-state index in [1.807, 2.05) is 12.1 Å². The number of hydrogen-bond acceptors (Lipinski definition) is 1. The van der Waals surface area contributed by atoms with Crippen molar-refractivity contribution in [2.75, 3.05) is 0 Å². The quantitative estimate of drug-likeness (QED) is 0.800. The molecule has 0 amide bonds. The predicted octanol–water partition coefficient (Wildman–Crippen LogP) is 2.84. The van der Waals surface area contributed by atoms with Crippen molar-refractivity contribution in [1.29, 1.82) is 0 Å². The summed E-state index contributed by atoms with van der Waals surface area (Å²) in [6.07, 6.45) is 0.673. The summed E-state index contributed by atoms with van der Waals surface area (Å²) in [5, 5.41) is 9.30. The Morgan fingerprint density at radius 3 is 2.64 bits per heavy atom. The number of phenolic OH excluding ortho intramolecular Hbond substituents is 1. The third-order valence-corrected chi connectivity index (χ3v) is 1.65. The van der Waals surface area contributed by atoms with E-state index in [0.717, 1.165) is 10.0 Å². The van der Waals surface area contributed by atoms with E-state index in [4.69, 9.17) is 0 Å². The Morgan fingerprint density at radius 1 is 1.45 bits per heavy atom. The summed E-state index contributed by atoms with van der Waals surface area (Å²) in [6.45, 7) is 3.70. The Labute approximate surface area is 74.5 Å². The second-order valence-electron chi connectivity index (χ2n) is 2.32. The molecule has 0 heterocycles. The van der Waals surface area contributed by atoms with Crippen LogP contribution < -0.4 is 0 Å². The highest BCUT2D eigenvalue weighted by Gasteiger charge is 1.98. The lowest BCUT2D eigenvalue weighted by Gasteiger charge is -2.00. The molecule has 1 rings (SSSR count). The number of allylic oxidation sites excluding steroid dienone is 1. The van der Waals surface area contributed by atoms with Gasteiger partial charge in [-0.1, -0.05) is 40.7 Å². The smallest absolute Gasteiger partial charge is 0.119 e. The highest BCUT2D eigenvalue weighted by molar-refractivity contribution is 9.11. The van der Waals surface area contributed by atoms with Gasteiger partial charge in [0.2, 0.25) is 0 Å². The molecule has 0 spiro atoms. The van der Waals surface area contributed by atoms with Gasteiger partial charge in [-0.2, -0.15) is 0 Å². The number of para-hydroxylation sites is 1. The van der Waals surface area contributed by atoms with Crippen LogP contribution in [0.2, 0.25) is 0 Å². The highest BCUT2D eigenvalue weighted by Crippen LogP contribution is 2.20. The van der Waals surface area contributed by atoms with Gasteiger partial charge >= 0.3 is 0 Å². The van der Waals surface area contributed by atoms with E-state index >= 15 is 0 Å². The zero-order valence-electron chi connectivity index (χ0n) is 6.05. The molecule has 0 unspecified atom stereocenters. The lowest BCUT2D eigenvalue weighted by atomic mass is 10.1. The molecule has 0 aliphatic heterocycles. The fourth-order valence-electron chi connectivity index (χ4n) is 0.867. The number of rotatable bonds is 2. The summed E-state index contributed by atoms with van der Waals surface area (Å²) in [5.41, 5.74) is 0.898. The summed E-state index contributed by atoms with van der Waals surface area (Å²) >= 11 is 3.24. The van der Waals surface area contributed by atoms with Gasteiger partial charge in [0.15, 0.2) is 0 Å². The Kier molecular flexibility index (Phi) is 2.71. The minimum Gasteiger partial charge on any atom is -0.508 e. The first kappa shape index (κ1) is 8.34. The lowest BCUT2D eigenvalue weighted by Crippen LogP contribution is -1.83. The zero-order chi connectivity index (χ0) is 8.27. The predicted molar refractivity (Wildman–Crippen MR) is 49.9 cm³/mol. The van der Waals surface area contributed by atoms with Crippen LogP contribution in [0.25, 0.3) is 0 Å². The molecule has 11 heavy (non-hydrogen) atoms. The van der Waals surface area contributed by atoms with Crippen LogP contribution in [0.15, 0.2) is 35.3 Å². The van der Waals surface area contributed by atoms with Crippen LogP contribution >= 0.6 is 15.9 Å². The van der Waals surface area contributed by atoms with Gasteiger partial charge in [-0.25, -0.2) is 0 Å². The van der Waals surface area contributed by atoms with Gasteiger partial charge in [-0.15, -0.1) is 0 Å². The SMILES string of the molecule is C=C(Br)Cc1ccccc1O. The Hall–Kier alpha value is -0.760. The summed E-state index contributed by atoms with van der Waals surface area (Å²) in [4.78, 5) is 0. The van der Waals surface area contributed by atoms with E-state index in [2.05, 4.69) is 22.5 Å². The first-order valence-electron chi connectivity index (χ1n) is 3.30. The van der Waals surface area contributed by atoms with Crippen molar-refractivity contribution in [1.82, 2.24) is 0 Å². The minimum absolute atomic E-state index is 0.327. The van der Waals surface area contributed by atoms with E-state index in [1.165, 1.54) is 0 Å². The van der Waals surface area contributed by atoms with E-state index < -0.39 is 0 Å². The largest absolute Gasteiger partial charge is 0.508 e. The molecule has 0 aromatic heterocycles. The van der Waals surface area contributed by atoms with Crippen molar-refractivity contribution >= 4 is 15.9 Å². The van der Waals surface area contributed by atoms with Crippen LogP contribution in [0, 0.1) is 0 Å². The van der Waals surface area contributed by atoms with Crippen LogP contribution in [-0.2, 0) is 6.42 Å². The molecule has 1 aromatic rings. The average Bonchev–Trinajstić information content (AvgIpc) is 1.93. The third-order valence-electron chi connectivity index (χ3n) is 1.37. The first-order chi connectivity index (χ1) is 5.20. The van der Waals surface area contributed by atoms with Gasteiger partial charge < -0.3 is 5.11 Å². The van der Waals surface area contributed by atoms with Crippen molar-refractivity contribution in [3.05, 3.63) is 40.9 Å². The molecule has 0 aliphatic carbocycles. The van der Waals surface area contributed by atoms with Gasteiger partial charge in [-0.05, 0) is 16.1 Å². The number of aromatic hydroxyl groups is 1. The Morgan fingerprint density at radius 2 is 2.09 bits per heavy atom. The summed E-state index contributed by atoms with van der Waals surface area (Å²) in [5.74, 6) is 0.327. The number of hydrogen-bond donors (Lipinski definition) is 1. The molecular weight excluding hydrogens is 204 g/mol. The molecule has 0 fully saturated rings. The first-order valence-corrected chi connectivity index (χ1v) is 4.09. The fourth-order valence-corrected chi connectivity index (χ4v) is 1.17. The molecule has 1 nitrogen and oxygen atoms in total. The van der Waals surface area contributed by atoms with Crippen LogP contribution in [0.1, 0.15) is 5.56 Å². The Balaban J connectivity index is 2.86. The lowest BCUT2D eigenvalue weighted by molar-refractivity contribution is 0.469. The maximum absolute atomic E-state index is 9.30. The highest BCUT2D eigenvalue weighted by atomic mass is 79.9. The summed E-state index contributed by atoms with van der Waals surface area (Å²) in [7, 11) is 0. The van der Waals surface area contributed by atoms with Gasteiger partial charge in [-0.3, -0.25) is 0 Å². The molecule has 1 aromatic carbocycles. The normalized spacial score (nSPS) is 9.55. The maximum atomic E-state index is 9.30. The second kappa shape index (κ2) is 3.58. The fraction of sp³-hybridized carbons (Fsp3) is 0.111. The summed E-state index contributed by atoms with van der Waals surface area (Å²) < 4.78 is 0.874. The molecule has 0 aliphatic rings. The number of halogens is 1. The van der Waals surface area contributed by atoms with E-state index in [1.54, 1.807) is 12.1 Å². The standard InChI is InChI=1S/C9H9BrO/c1-7(10)6-8-4-2-3-5-9(8)11/h2-5,11H,1,6H2. The van der Waals surface area contributed by atoms with E-state index in [0.29, 0.717) is 12.2 Å². The van der Waals surface area contributed by atoms with Crippen molar-refractivity contribution in [3.8, 4) is 5.75 Å².